The molecule has 0 amide bonds. The van der Waals surface area contributed by atoms with Crippen LogP contribution in [0.25, 0.3) is 0 Å². The van der Waals surface area contributed by atoms with Crippen LogP contribution in [0.3, 0.4) is 0 Å². The Kier molecular flexibility index (Phi) is 1.70. The minimum absolute atomic E-state index is 0.893. The molecule has 0 saturated heterocycles. The Bertz CT molecular complexity index is 144. The molecule has 1 heterocycles. The van der Waals surface area contributed by atoms with Crippen molar-refractivity contribution in [3.63, 3.8) is 0 Å². The Morgan fingerprint density at radius 2 is 2.29 bits per heavy atom. The molecule has 1 atom stereocenters. The largest absolute Gasteiger partial charge is 0.451 e. The monoisotopic (exact) mass is 226 g/mol. The first kappa shape index (κ1) is 5.57. The summed E-state index contributed by atoms with van der Waals surface area (Å²) < 4.78 is 5.97. The summed E-state index contributed by atoms with van der Waals surface area (Å²) in [6.07, 6.45) is 0. The Morgan fingerprint density at radius 1 is 1.57 bits per heavy atom. The van der Waals surface area contributed by atoms with Crippen molar-refractivity contribution in [3.8, 4) is 0 Å². The van der Waals surface area contributed by atoms with Crippen LogP contribution in [0.1, 0.15) is 0 Å². The van der Waals surface area contributed by atoms with Crippen molar-refractivity contribution < 1.29 is 4.42 Å². The van der Waals surface area contributed by atoms with Gasteiger partial charge in [0.2, 0.25) is 0 Å². The standard InChI is InChI=1S/C4H4IOP/c5-3-1-2-4(7)6-3/h1-2H,7H2. The van der Waals surface area contributed by atoms with Crippen molar-refractivity contribution in [3.05, 3.63) is 15.9 Å². The fraction of sp³-hybridized carbons (Fsp3) is 0. The lowest BCUT2D eigenvalue weighted by Crippen LogP contribution is -1.75. The average molecular weight is 226 g/mol. The molecular formula is C4H4IOP. The normalized spacial score (nSPS) is 9.43. The van der Waals surface area contributed by atoms with Crippen LogP contribution < -0.4 is 5.50 Å². The third-order valence-corrected chi connectivity index (χ3v) is 1.48. The summed E-state index contributed by atoms with van der Waals surface area (Å²) in [6.45, 7) is 0. The molecule has 1 rings (SSSR count). The van der Waals surface area contributed by atoms with Crippen molar-refractivity contribution in [1.82, 2.24) is 0 Å². The van der Waals surface area contributed by atoms with Gasteiger partial charge in [0.25, 0.3) is 0 Å². The van der Waals surface area contributed by atoms with Crippen LogP contribution in [0.2, 0.25) is 0 Å². The first-order chi connectivity index (χ1) is 3.29. The lowest BCUT2D eigenvalue weighted by atomic mass is 10.7. The van der Waals surface area contributed by atoms with E-state index in [2.05, 4.69) is 31.8 Å². The highest BCUT2D eigenvalue weighted by atomic mass is 127. The van der Waals surface area contributed by atoms with E-state index >= 15 is 0 Å². The molecule has 0 fully saturated rings. The summed E-state index contributed by atoms with van der Waals surface area (Å²) >= 11 is 2.12. The van der Waals surface area contributed by atoms with E-state index in [1.165, 1.54) is 0 Å². The van der Waals surface area contributed by atoms with E-state index in [0.717, 1.165) is 9.27 Å². The molecule has 0 aliphatic heterocycles. The molecule has 7 heavy (non-hydrogen) atoms. The van der Waals surface area contributed by atoms with Gasteiger partial charge in [-0.2, -0.15) is 0 Å². The Balaban J connectivity index is 3.04. The summed E-state index contributed by atoms with van der Waals surface area (Å²) in [5.41, 5.74) is 0.893. The lowest BCUT2D eigenvalue weighted by molar-refractivity contribution is 0.573. The predicted molar refractivity (Wildman–Crippen MR) is 40.8 cm³/mol. The molecular weight excluding hydrogens is 222 g/mol. The van der Waals surface area contributed by atoms with E-state index in [-0.39, 0.29) is 0 Å². The highest BCUT2D eigenvalue weighted by molar-refractivity contribution is 14.1. The van der Waals surface area contributed by atoms with Gasteiger partial charge in [0, 0.05) is 0 Å². The molecule has 1 nitrogen and oxygen atoms in total. The number of halogens is 1. The zero-order valence-corrected chi connectivity index (χ0v) is 6.83. The van der Waals surface area contributed by atoms with Gasteiger partial charge >= 0.3 is 0 Å². The van der Waals surface area contributed by atoms with Gasteiger partial charge < -0.3 is 4.42 Å². The number of furan rings is 1. The Labute approximate surface area is 57.8 Å². The maximum atomic E-state index is 5.03. The SMILES string of the molecule is Pc1ccc(I)o1. The maximum Gasteiger partial charge on any atom is 0.164 e. The molecule has 3 heteroatoms. The van der Waals surface area contributed by atoms with Gasteiger partial charge in [-0.1, -0.05) is 9.24 Å². The fourth-order valence-corrected chi connectivity index (χ4v) is 1.23. The first-order valence-corrected chi connectivity index (χ1v) is 3.45. The topological polar surface area (TPSA) is 13.1 Å². The molecule has 0 aliphatic rings. The van der Waals surface area contributed by atoms with E-state index < -0.39 is 0 Å². The van der Waals surface area contributed by atoms with Crippen molar-refractivity contribution in [2.45, 2.75) is 0 Å². The van der Waals surface area contributed by atoms with Crippen LogP contribution in [0.5, 0.6) is 0 Å². The average Bonchev–Trinajstić information content (AvgIpc) is 1.87. The van der Waals surface area contributed by atoms with Crippen LogP contribution in [-0.4, -0.2) is 0 Å². The minimum atomic E-state index is 0.893. The van der Waals surface area contributed by atoms with Crippen LogP contribution in [0, 0.1) is 3.77 Å². The first-order valence-electron chi connectivity index (χ1n) is 1.80. The third kappa shape index (κ3) is 1.42. The number of rotatable bonds is 0. The zero-order chi connectivity index (χ0) is 5.28. The number of hydrogen-bond donors (Lipinski definition) is 0. The summed E-state index contributed by atoms with van der Waals surface area (Å²) in [5.74, 6) is 0. The molecule has 0 N–H and O–H groups in total. The third-order valence-electron chi connectivity index (χ3n) is 0.594. The van der Waals surface area contributed by atoms with Crippen LogP contribution in [0.15, 0.2) is 16.5 Å². The van der Waals surface area contributed by atoms with Gasteiger partial charge in [-0.25, -0.2) is 0 Å². The summed E-state index contributed by atoms with van der Waals surface area (Å²) in [5, 5.41) is 0. The molecule has 0 aromatic carbocycles. The summed E-state index contributed by atoms with van der Waals surface area (Å²) in [7, 11) is 2.48. The highest BCUT2D eigenvalue weighted by Crippen LogP contribution is 2.02. The van der Waals surface area contributed by atoms with Crippen LogP contribution in [0.4, 0.5) is 0 Å². The second-order valence-corrected chi connectivity index (χ2v) is 2.77. The highest BCUT2D eigenvalue weighted by Gasteiger charge is 1.87. The van der Waals surface area contributed by atoms with Gasteiger partial charge in [-0.3, -0.25) is 0 Å². The van der Waals surface area contributed by atoms with Gasteiger partial charge in [0.1, 0.15) is 5.50 Å². The van der Waals surface area contributed by atoms with E-state index in [9.17, 15) is 0 Å². The summed E-state index contributed by atoms with van der Waals surface area (Å²) in [6, 6.07) is 3.83. The van der Waals surface area contributed by atoms with Gasteiger partial charge in [0.15, 0.2) is 3.77 Å². The minimum Gasteiger partial charge on any atom is -0.451 e. The summed E-state index contributed by atoms with van der Waals surface area (Å²) in [4.78, 5) is 0. The lowest BCUT2D eigenvalue weighted by Gasteiger charge is -1.74. The van der Waals surface area contributed by atoms with Gasteiger partial charge in [-0.15, -0.1) is 0 Å². The molecule has 0 radical (unpaired) electrons. The molecule has 1 aromatic heterocycles. The Hall–Kier alpha value is 0.440. The van der Waals surface area contributed by atoms with Crippen molar-refractivity contribution >= 4 is 37.3 Å². The Morgan fingerprint density at radius 3 is 2.43 bits per heavy atom. The molecule has 38 valence electrons. The van der Waals surface area contributed by atoms with E-state index in [0.29, 0.717) is 0 Å². The van der Waals surface area contributed by atoms with Crippen LogP contribution >= 0.6 is 31.8 Å². The van der Waals surface area contributed by atoms with Gasteiger partial charge in [0.05, 0.1) is 0 Å². The molecule has 0 spiro atoms. The van der Waals surface area contributed by atoms with Gasteiger partial charge in [-0.05, 0) is 34.7 Å². The predicted octanol–water partition coefficient (Wildman–Crippen LogP) is 1.38. The quantitative estimate of drug-likeness (QED) is 0.481. The van der Waals surface area contributed by atoms with Crippen molar-refractivity contribution in [2.75, 3.05) is 0 Å². The van der Waals surface area contributed by atoms with Crippen molar-refractivity contribution in [1.29, 1.82) is 0 Å². The fourth-order valence-electron chi connectivity index (χ4n) is 0.328. The van der Waals surface area contributed by atoms with Crippen molar-refractivity contribution in [2.24, 2.45) is 0 Å². The zero-order valence-electron chi connectivity index (χ0n) is 3.52. The van der Waals surface area contributed by atoms with Crippen LogP contribution in [-0.2, 0) is 0 Å². The van der Waals surface area contributed by atoms with E-state index in [4.69, 9.17) is 4.42 Å². The van der Waals surface area contributed by atoms with E-state index in [1.807, 2.05) is 12.1 Å². The molecule has 0 aliphatic carbocycles. The molecule has 1 unspecified atom stereocenters. The second-order valence-electron chi connectivity index (χ2n) is 1.14. The molecule has 1 aromatic rings. The number of hydrogen-bond acceptors (Lipinski definition) is 1. The second kappa shape index (κ2) is 2.14. The van der Waals surface area contributed by atoms with E-state index in [1.54, 1.807) is 0 Å². The molecule has 0 saturated carbocycles. The molecule has 0 bridgehead atoms. The maximum absolute atomic E-state index is 5.03. The smallest absolute Gasteiger partial charge is 0.164 e.